The fraction of sp³-hybridized carbons (Fsp3) is 0.174. The van der Waals surface area contributed by atoms with Crippen molar-refractivity contribution < 1.29 is 19.0 Å². The number of nitrogens with one attached hydrogen (secondary N) is 1. The Kier molecular flexibility index (Phi) is 6.90. The quantitative estimate of drug-likeness (QED) is 0.392. The maximum atomic E-state index is 12.1. The van der Waals surface area contributed by atoms with Crippen LogP contribution < -0.4 is 19.5 Å². The van der Waals surface area contributed by atoms with Crippen LogP contribution in [-0.2, 0) is 0 Å². The highest BCUT2D eigenvalue weighted by atomic mass is 32.1. The number of thiazole rings is 1. The first-order valence-electron chi connectivity index (χ1n) is 9.24. The number of nitriles is 1. The van der Waals surface area contributed by atoms with Gasteiger partial charge in [0.25, 0.3) is 0 Å². The van der Waals surface area contributed by atoms with Gasteiger partial charge in [0.15, 0.2) is 17.3 Å². The van der Waals surface area contributed by atoms with Crippen LogP contribution in [0.5, 0.6) is 17.2 Å². The van der Waals surface area contributed by atoms with E-state index in [1.807, 2.05) is 29.6 Å². The highest BCUT2D eigenvalue weighted by Crippen LogP contribution is 2.34. The van der Waals surface area contributed by atoms with Crippen molar-refractivity contribution in [3.05, 3.63) is 58.5 Å². The maximum absolute atomic E-state index is 12.1. The standard InChI is InChI=1S/C23H21N3O4S/c1-14(27)18-9-21(29-3)22(30-4)10-19(18)25-12-16(11-24)23-26-20(13-31-23)15-6-5-7-17(8-15)28-2/h5-10,12-13,25H,1-4H3/b16-12+. The molecule has 3 aromatic rings. The van der Waals surface area contributed by atoms with Crippen LogP contribution in [0.2, 0.25) is 0 Å². The summed E-state index contributed by atoms with van der Waals surface area (Å²) in [7, 11) is 4.63. The Labute approximate surface area is 184 Å². The monoisotopic (exact) mass is 435 g/mol. The number of anilines is 1. The van der Waals surface area contributed by atoms with Crippen molar-refractivity contribution >= 4 is 28.4 Å². The third-order valence-corrected chi connectivity index (χ3v) is 5.37. The number of ketones is 1. The summed E-state index contributed by atoms with van der Waals surface area (Å²) < 4.78 is 15.8. The third-order valence-electron chi connectivity index (χ3n) is 4.50. The molecule has 0 saturated carbocycles. The number of Topliss-reactive ketones (excluding diaryl/α,β-unsaturated/α-hetero) is 1. The molecule has 0 aliphatic heterocycles. The molecule has 1 aromatic heterocycles. The first kappa shape index (κ1) is 21.9. The molecule has 0 amide bonds. The first-order valence-corrected chi connectivity index (χ1v) is 10.1. The summed E-state index contributed by atoms with van der Waals surface area (Å²) in [6.45, 7) is 1.46. The van der Waals surface area contributed by atoms with E-state index in [2.05, 4.69) is 16.4 Å². The molecule has 0 aliphatic rings. The molecule has 7 nitrogen and oxygen atoms in total. The van der Waals surface area contributed by atoms with Crippen molar-refractivity contribution in [2.75, 3.05) is 26.6 Å². The van der Waals surface area contributed by atoms with Crippen LogP contribution >= 0.6 is 11.3 Å². The summed E-state index contributed by atoms with van der Waals surface area (Å²) in [5, 5.41) is 15.1. The average Bonchev–Trinajstić information content (AvgIpc) is 3.29. The van der Waals surface area contributed by atoms with Crippen molar-refractivity contribution in [1.29, 1.82) is 5.26 Å². The van der Waals surface area contributed by atoms with E-state index in [0.717, 1.165) is 17.0 Å². The van der Waals surface area contributed by atoms with Crippen LogP contribution in [0.4, 0.5) is 5.69 Å². The van der Waals surface area contributed by atoms with Crippen molar-refractivity contribution in [3.63, 3.8) is 0 Å². The molecule has 8 heteroatoms. The fourth-order valence-corrected chi connectivity index (χ4v) is 3.69. The van der Waals surface area contributed by atoms with Gasteiger partial charge in [-0.25, -0.2) is 4.98 Å². The fourth-order valence-electron chi connectivity index (χ4n) is 2.89. The van der Waals surface area contributed by atoms with E-state index in [-0.39, 0.29) is 5.78 Å². The Morgan fingerprint density at radius 1 is 1.13 bits per heavy atom. The van der Waals surface area contributed by atoms with E-state index in [0.29, 0.717) is 33.3 Å². The lowest BCUT2D eigenvalue weighted by atomic mass is 10.1. The van der Waals surface area contributed by atoms with Gasteiger partial charge in [-0.1, -0.05) is 12.1 Å². The predicted molar refractivity (Wildman–Crippen MR) is 121 cm³/mol. The summed E-state index contributed by atoms with van der Waals surface area (Å²) >= 11 is 1.36. The zero-order valence-electron chi connectivity index (χ0n) is 17.6. The first-order chi connectivity index (χ1) is 15.0. The zero-order chi connectivity index (χ0) is 22.4. The minimum Gasteiger partial charge on any atom is -0.497 e. The van der Waals surface area contributed by atoms with E-state index >= 15 is 0 Å². The summed E-state index contributed by atoms with van der Waals surface area (Å²) in [4.78, 5) is 16.7. The van der Waals surface area contributed by atoms with Gasteiger partial charge in [-0.15, -0.1) is 11.3 Å². The topological polar surface area (TPSA) is 93.5 Å². The molecule has 158 valence electrons. The largest absolute Gasteiger partial charge is 0.497 e. The number of ether oxygens (including phenoxy) is 3. The van der Waals surface area contributed by atoms with Crippen LogP contribution in [-0.4, -0.2) is 32.1 Å². The number of nitrogens with zero attached hydrogens (tertiary/aromatic N) is 2. The molecule has 0 atom stereocenters. The molecule has 31 heavy (non-hydrogen) atoms. The van der Waals surface area contributed by atoms with E-state index in [4.69, 9.17) is 14.2 Å². The highest BCUT2D eigenvalue weighted by molar-refractivity contribution is 7.11. The van der Waals surface area contributed by atoms with Gasteiger partial charge in [0.1, 0.15) is 22.4 Å². The second kappa shape index (κ2) is 9.78. The molecule has 0 fully saturated rings. The number of benzene rings is 2. The molecular formula is C23H21N3O4S. The molecule has 0 aliphatic carbocycles. The summed E-state index contributed by atoms with van der Waals surface area (Å²) in [5.74, 6) is 1.50. The van der Waals surface area contributed by atoms with Gasteiger partial charge in [0, 0.05) is 28.8 Å². The lowest BCUT2D eigenvalue weighted by Gasteiger charge is -2.13. The smallest absolute Gasteiger partial charge is 0.162 e. The molecule has 0 bridgehead atoms. The van der Waals surface area contributed by atoms with E-state index in [1.165, 1.54) is 38.7 Å². The summed E-state index contributed by atoms with van der Waals surface area (Å²) in [6, 6.07) is 13.0. The number of carbonyl (C=O) groups excluding carboxylic acids is 1. The highest BCUT2D eigenvalue weighted by Gasteiger charge is 2.15. The number of carbonyl (C=O) groups is 1. The van der Waals surface area contributed by atoms with Gasteiger partial charge < -0.3 is 19.5 Å². The molecule has 3 rings (SSSR count). The van der Waals surface area contributed by atoms with Crippen molar-refractivity contribution in [2.24, 2.45) is 0 Å². The number of aromatic nitrogens is 1. The Bertz CT molecular complexity index is 1180. The summed E-state index contributed by atoms with van der Waals surface area (Å²) in [5.41, 5.74) is 2.90. The van der Waals surface area contributed by atoms with Crippen LogP contribution in [0, 0.1) is 11.3 Å². The minimum atomic E-state index is -0.148. The van der Waals surface area contributed by atoms with Gasteiger partial charge in [-0.2, -0.15) is 5.26 Å². The maximum Gasteiger partial charge on any atom is 0.162 e. The van der Waals surface area contributed by atoms with Gasteiger partial charge in [-0.05, 0) is 25.1 Å². The van der Waals surface area contributed by atoms with Crippen molar-refractivity contribution in [2.45, 2.75) is 6.92 Å². The Hall–Kier alpha value is -3.83. The lowest BCUT2D eigenvalue weighted by molar-refractivity contribution is 0.101. The molecular weight excluding hydrogens is 414 g/mol. The SMILES string of the molecule is COc1cccc(-c2csc(/C(C#N)=C/Nc3cc(OC)c(OC)cc3C(C)=O)n2)c1. The number of allylic oxidation sites excluding steroid dienone is 1. The molecule has 0 unspecified atom stereocenters. The van der Waals surface area contributed by atoms with E-state index in [9.17, 15) is 10.1 Å². The minimum absolute atomic E-state index is 0.148. The van der Waals surface area contributed by atoms with Crippen LogP contribution in [0.1, 0.15) is 22.3 Å². The molecule has 0 spiro atoms. The van der Waals surface area contributed by atoms with Gasteiger partial charge >= 0.3 is 0 Å². The van der Waals surface area contributed by atoms with Crippen LogP contribution in [0.25, 0.3) is 16.8 Å². The normalized spacial score (nSPS) is 10.9. The Balaban J connectivity index is 1.92. The zero-order valence-corrected chi connectivity index (χ0v) is 18.4. The van der Waals surface area contributed by atoms with Gasteiger partial charge in [-0.3, -0.25) is 4.79 Å². The molecule has 1 N–H and O–H groups in total. The molecule has 2 aromatic carbocycles. The molecule has 1 heterocycles. The van der Waals surface area contributed by atoms with Gasteiger partial charge in [0.05, 0.1) is 32.7 Å². The predicted octanol–water partition coefficient (Wildman–Crippen LogP) is 5.02. The number of methoxy groups -OCH3 is 3. The number of hydrogen-bond acceptors (Lipinski definition) is 8. The van der Waals surface area contributed by atoms with Crippen molar-refractivity contribution in [3.8, 4) is 34.6 Å². The Morgan fingerprint density at radius 2 is 1.87 bits per heavy atom. The van der Waals surface area contributed by atoms with Gasteiger partial charge in [0.2, 0.25) is 0 Å². The molecule has 0 radical (unpaired) electrons. The van der Waals surface area contributed by atoms with Crippen LogP contribution in [0.15, 0.2) is 48.0 Å². The van der Waals surface area contributed by atoms with E-state index in [1.54, 1.807) is 19.2 Å². The van der Waals surface area contributed by atoms with Crippen LogP contribution in [0.3, 0.4) is 0 Å². The average molecular weight is 436 g/mol. The molecule has 0 saturated heterocycles. The number of hydrogen-bond donors (Lipinski definition) is 1. The summed E-state index contributed by atoms with van der Waals surface area (Å²) in [6.07, 6.45) is 1.53. The number of rotatable bonds is 8. The second-order valence-electron chi connectivity index (χ2n) is 6.39. The lowest BCUT2D eigenvalue weighted by Crippen LogP contribution is -2.03. The Morgan fingerprint density at radius 3 is 2.52 bits per heavy atom. The van der Waals surface area contributed by atoms with E-state index < -0.39 is 0 Å². The van der Waals surface area contributed by atoms with Crippen molar-refractivity contribution in [1.82, 2.24) is 4.98 Å². The third kappa shape index (κ3) is 4.85. The second-order valence-corrected chi connectivity index (χ2v) is 7.25.